The maximum absolute atomic E-state index is 13.2. The zero-order valence-corrected chi connectivity index (χ0v) is 19.8. The standard InChI is InChI=1S/C20H24FNO.C6H8O7/c21-19-11-9-18(10-12-19)20(17-7-3-1-4-8-17)23-16-15-22-13-5-2-6-14-22;7-3(8)1-6(13,5(11)12)2-4(9)10/h1,3-4,7-12,20H,2,5-6,13-16H2;13H,1-2H2,(H,7,8)(H,9,10)(H,11,12)/p-3. The van der Waals surface area contributed by atoms with Crippen LogP contribution in [0.25, 0.3) is 0 Å². The van der Waals surface area contributed by atoms with Crippen molar-refractivity contribution >= 4 is 17.9 Å². The van der Waals surface area contributed by atoms with Gasteiger partial charge in [0.25, 0.3) is 0 Å². The smallest absolute Gasteiger partial charge is 0.123 e. The van der Waals surface area contributed by atoms with E-state index in [1.54, 1.807) is 0 Å². The van der Waals surface area contributed by atoms with E-state index in [1.165, 1.54) is 44.5 Å². The van der Waals surface area contributed by atoms with E-state index >= 15 is 0 Å². The Bertz CT molecular complexity index is 961. The molecule has 2 aromatic carbocycles. The monoisotopic (exact) mass is 502 g/mol. The Kier molecular flexibility index (Phi) is 11.5. The molecule has 0 aliphatic carbocycles. The first kappa shape index (κ1) is 28.9. The highest BCUT2D eigenvalue weighted by atomic mass is 19.1. The third kappa shape index (κ3) is 9.73. The second-order valence-corrected chi connectivity index (χ2v) is 8.53. The maximum Gasteiger partial charge on any atom is 0.123 e. The zero-order valence-electron chi connectivity index (χ0n) is 19.8. The number of carboxylic acids is 3. The van der Waals surface area contributed by atoms with Gasteiger partial charge in [-0.15, -0.1) is 0 Å². The van der Waals surface area contributed by atoms with Gasteiger partial charge in [-0.3, -0.25) is 0 Å². The number of benzene rings is 2. The number of carbonyl (C=O) groups is 3. The molecule has 0 aromatic heterocycles. The molecule has 0 spiro atoms. The zero-order chi connectivity index (χ0) is 26.6. The van der Waals surface area contributed by atoms with E-state index < -0.39 is 36.4 Å². The highest BCUT2D eigenvalue weighted by molar-refractivity contribution is 5.86. The normalized spacial score (nSPS) is 14.8. The first-order chi connectivity index (χ1) is 17.1. The van der Waals surface area contributed by atoms with Crippen molar-refractivity contribution in [1.29, 1.82) is 0 Å². The van der Waals surface area contributed by atoms with Gasteiger partial charge in [-0.25, -0.2) is 4.39 Å². The van der Waals surface area contributed by atoms with Crippen molar-refractivity contribution in [3.8, 4) is 0 Å². The molecule has 9 nitrogen and oxygen atoms in total. The Hall–Kier alpha value is -3.34. The largest absolute Gasteiger partial charge is 0.550 e. The van der Waals surface area contributed by atoms with Crippen molar-refractivity contribution in [1.82, 2.24) is 4.90 Å². The number of hydrogen-bond donors (Lipinski definition) is 1. The number of nitrogens with zero attached hydrogens (tertiary/aromatic N) is 1. The van der Waals surface area contributed by atoms with E-state index in [0.29, 0.717) is 6.61 Å². The third-order valence-corrected chi connectivity index (χ3v) is 5.67. The van der Waals surface area contributed by atoms with Crippen LogP contribution in [0, 0.1) is 5.82 Å². The highest BCUT2D eigenvalue weighted by Gasteiger charge is 2.29. The first-order valence-electron chi connectivity index (χ1n) is 11.6. The predicted molar refractivity (Wildman–Crippen MR) is 120 cm³/mol. The SMILES string of the molecule is Fc1ccc(C(OCCN2CCCCC2)c2ccccc2)cc1.O=C([O-])CC(O)(CC(=O)[O-])C(=O)[O-]. The van der Waals surface area contributed by atoms with Crippen molar-refractivity contribution in [3.05, 3.63) is 71.5 Å². The van der Waals surface area contributed by atoms with E-state index in [9.17, 15) is 34.1 Å². The van der Waals surface area contributed by atoms with Crippen LogP contribution in [-0.4, -0.2) is 59.8 Å². The number of halogens is 1. The molecule has 196 valence electrons. The molecule has 0 amide bonds. The Balaban J connectivity index is 0.000000302. The summed E-state index contributed by atoms with van der Waals surface area (Å²) in [5, 5.41) is 38.9. The summed E-state index contributed by atoms with van der Waals surface area (Å²) in [6.45, 7) is 4.01. The van der Waals surface area contributed by atoms with Gasteiger partial charge < -0.3 is 44.4 Å². The maximum atomic E-state index is 13.2. The summed E-state index contributed by atoms with van der Waals surface area (Å²) >= 11 is 0. The van der Waals surface area contributed by atoms with Gasteiger partial charge in [-0.2, -0.15) is 0 Å². The van der Waals surface area contributed by atoms with Crippen molar-refractivity contribution < 1.29 is 43.9 Å². The summed E-state index contributed by atoms with van der Waals surface area (Å²) in [6, 6.07) is 16.8. The van der Waals surface area contributed by atoms with Crippen LogP contribution in [0.4, 0.5) is 4.39 Å². The molecule has 10 heteroatoms. The lowest BCUT2D eigenvalue weighted by molar-refractivity contribution is -0.339. The average molecular weight is 503 g/mol. The van der Waals surface area contributed by atoms with Crippen LogP contribution >= 0.6 is 0 Å². The first-order valence-corrected chi connectivity index (χ1v) is 11.6. The lowest BCUT2D eigenvalue weighted by Crippen LogP contribution is -2.54. The van der Waals surface area contributed by atoms with E-state index in [4.69, 9.17) is 9.84 Å². The molecule has 2 aromatic rings. The number of aliphatic hydroxyl groups is 1. The number of ether oxygens (including phenoxy) is 1. The molecule has 0 saturated carbocycles. The number of rotatable bonds is 11. The number of aliphatic carboxylic acids is 3. The van der Waals surface area contributed by atoms with Crippen molar-refractivity contribution in [2.45, 2.75) is 43.8 Å². The summed E-state index contributed by atoms with van der Waals surface area (Å²) in [6.07, 6.45) is 1.08. The summed E-state index contributed by atoms with van der Waals surface area (Å²) in [7, 11) is 0. The quantitative estimate of drug-likeness (QED) is 0.415. The summed E-state index contributed by atoms with van der Waals surface area (Å²) in [5.74, 6) is -6.20. The van der Waals surface area contributed by atoms with Gasteiger partial charge in [-0.05, 0) is 49.2 Å². The molecular formula is C26H29FNO8-3. The average Bonchev–Trinajstić information content (AvgIpc) is 2.83. The topological polar surface area (TPSA) is 153 Å². The molecule has 1 saturated heterocycles. The van der Waals surface area contributed by atoms with Gasteiger partial charge in [0, 0.05) is 31.3 Å². The van der Waals surface area contributed by atoms with E-state index in [1.807, 2.05) is 30.3 Å². The fourth-order valence-corrected chi connectivity index (χ4v) is 3.82. The summed E-state index contributed by atoms with van der Waals surface area (Å²) in [4.78, 5) is 32.5. The number of carboxylic acid groups (broad SMARTS) is 3. The molecule has 0 radical (unpaired) electrons. The van der Waals surface area contributed by atoms with Gasteiger partial charge in [0.15, 0.2) is 0 Å². The Morgan fingerprint density at radius 3 is 1.92 bits per heavy atom. The molecule has 1 unspecified atom stereocenters. The molecule has 1 aliphatic heterocycles. The van der Waals surface area contributed by atoms with Crippen LogP contribution in [0.15, 0.2) is 54.6 Å². The molecule has 0 bridgehead atoms. The van der Waals surface area contributed by atoms with E-state index in [2.05, 4.69) is 17.0 Å². The lowest BCUT2D eigenvalue weighted by atomic mass is 9.96. The second-order valence-electron chi connectivity index (χ2n) is 8.53. The third-order valence-electron chi connectivity index (χ3n) is 5.67. The van der Waals surface area contributed by atoms with E-state index in [-0.39, 0.29) is 11.9 Å². The summed E-state index contributed by atoms with van der Waals surface area (Å²) in [5.41, 5.74) is -0.869. The molecular weight excluding hydrogens is 473 g/mol. The Labute approximate surface area is 208 Å². The second kappa shape index (κ2) is 14.3. The van der Waals surface area contributed by atoms with Crippen LogP contribution in [0.5, 0.6) is 0 Å². The molecule has 1 fully saturated rings. The number of carbonyl (C=O) groups excluding carboxylic acids is 3. The Morgan fingerprint density at radius 1 is 0.889 bits per heavy atom. The van der Waals surface area contributed by atoms with E-state index in [0.717, 1.165) is 17.7 Å². The lowest BCUT2D eigenvalue weighted by Gasteiger charge is -2.29. The Morgan fingerprint density at radius 2 is 1.42 bits per heavy atom. The number of hydrogen-bond acceptors (Lipinski definition) is 9. The molecule has 1 aliphatic rings. The molecule has 1 N–H and O–H groups in total. The van der Waals surface area contributed by atoms with Crippen LogP contribution in [0.1, 0.15) is 49.3 Å². The van der Waals surface area contributed by atoms with Crippen molar-refractivity contribution in [3.63, 3.8) is 0 Å². The van der Waals surface area contributed by atoms with Gasteiger partial charge in [0.1, 0.15) is 17.5 Å². The van der Waals surface area contributed by atoms with Crippen LogP contribution in [0.2, 0.25) is 0 Å². The predicted octanol–water partition coefficient (Wildman–Crippen LogP) is -0.835. The van der Waals surface area contributed by atoms with Crippen LogP contribution in [-0.2, 0) is 19.1 Å². The number of piperidine rings is 1. The fourth-order valence-electron chi connectivity index (χ4n) is 3.82. The van der Waals surface area contributed by atoms with Crippen LogP contribution in [0.3, 0.4) is 0 Å². The molecule has 1 atom stereocenters. The van der Waals surface area contributed by atoms with Gasteiger partial charge in [0.05, 0.1) is 12.6 Å². The van der Waals surface area contributed by atoms with Crippen LogP contribution < -0.4 is 15.3 Å². The minimum atomic E-state index is -2.97. The minimum absolute atomic E-state index is 0.137. The van der Waals surface area contributed by atoms with Crippen molar-refractivity contribution in [2.75, 3.05) is 26.2 Å². The molecule has 36 heavy (non-hydrogen) atoms. The van der Waals surface area contributed by atoms with Gasteiger partial charge in [-0.1, -0.05) is 48.9 Å². The highest BCUT2D eigenvalue weighted by Crippen LogP contribution is 2.26. The van der Waals surface area contributed by atoms with Gasteiger partial charge in [0.2, 0.25) is 0 Å². The van der Waals surface area contributed by atoms with Gasteiger partial charge >= 0.3 is 0 Å². The molecule has 1 heterocycles. The summed E-state index contributed by atoms with van der Waals surface area (Å²) < 4.78 is 19.4. The molecule has 3 rings (SSSR count). The fraction of sp³-hybridized carbons (Fsp3) is 0.423. The minimum Gasteiger partial charge on any atom is -0.550 e. The van der Waals surface area contributed by atoms with Crippen molar-refractivity contribution in [2.24, 2.45) is 0 Å². The number of likely N-dealkylation sites (tertiary alicyclic amines) is 1.